The summed E-state index contributed by atoms with van der Waals surface area (Å²) in [6.07, 6.45) is 17.7. The van der Waals surface area contributed by atoms with Gasteiger partial charge in [0, 0.05) is 35.7 Å². The SMILES string of the molecule is C1=CC2c3ccccc3N(c3ccc(C4C=C(c5ccc(C6=CNCC=C6)cc5)NC(c5ccc(-c6c7ccccc7cc7ccccc67)cc5)N4)cc3)C2C=C1. The van der Waals surface area contributed by atoms with E-state index in [0.29, 0.717) is 5.92 Å². The summed E-state index contributed by atoms with van der Waals surface area (Å²) in [6, 6.07) is 56.1. The Labute approximate surface area is 333 Å². The molecule has 1 aliphatic carbocycles. The van der Waals surface area contributed by atoms with Crippen molar-refractivity contribution in [1.82, 2.24) is 16.0 Å². The Bertz CT molecular complexity index is 2750. The average Bonchev–Trinajstić information content (AvgIpc) is 3.63. The lowest BCUT2D eigenvalue weighted by molar-refractivity contribution is 0.443. The molecule has 11 rings (SSSR count). The highest BCUT2D eigenvalue weighted by molar-refractivity contribution is 6.12. The van der Waals surface area contributed by atoms with E-state index in [1.165, 1.54) is 71.9 Å². The zero-order chi connectivity index (χ0) is 37.7. The molecule has 7 aromatic carbocycles. The Hall–Kier alpha value is -6.88. The van der Waals surface area contributed by atoms with Crippen LogP contribution in [-0.4, -0.2) is 12.6 Å². The summed E-state index contributed by atoms with van der Waals surface area (Å²) in [5, 5.41) is 16.3. The number of nitrogens with zero attached hydrogens (tertiary/aromatic N) is 1. The number of anilines is 2. The monoisotopic (exact) mass is 734 g/mol. The van der Waals surface area contributed by atoms with Crippen molar-refractivity contribution in [2.45, 2.75) is 24.2 Å². The lowest BCUT2D eigenvalue weighted by Crippen LogP contribution is -2.39. The van der Waals surface area contributed by atoms with Crippen LogP contribution in [0.1, 0.15) is 45.9 Å². The first-order valence-electron chi connectivity index (χ1n) is 20.0. The second kappa shape index (κ2) is 14.0. The van der Waals surface area contributed by atoms with Crippen LogP contribution in [0.5, 0.6) is 0 Å². The number of benzene rings is 7. The Morgan fingerprint density at radius 3 is 2.02 bits per heavy atom. The Morgan fingerprint density at radius 2 is 1.26 bits per heavy atom. The van der Waals surface area contributed by atoms with Crippen LogP contribution in [0.15, 0.2) is 200 Å². The highest BCUT2D eigenvalue weighted by Crippen LogP contribution is 2.47. The molecule has 0 saturated carbocycles. The fourth-order valence-corrected chi connectivity index (χ4v) is 9.28. The second-order valence-corrected chi connectivity index (χ2v) is 15.4. The van der Waals surface area contributed by atoms with E-state index in [1.54, 1.807) is 0 Å². The lowest BCUT2D eigenvalue weighted by Gasteiger charge is -2.34. The Balaban J connectivity index is 0.943. The number of nitrogens with one attached hydrogen (secondary N) is 3. The minimum Gasteiger partial charge on any atom is -0.387 e. The molecule has 57 heavy (non-hydrogen) atoms. The number of allylic oxidation sites excluding steroid dienone is 4. The van der Waals surface area contributed by atoms with E-state index in [0.717, 1.165) is 17.8 Å². The predicted octanol–water partition coefficient (Wildman–Crippen LogP) is 11.9. The van der Waals surface area contributed by atoms with Crippen molar-refractivity contribution in [3.05, 3.63) is 228 Å². The highest BCUT2D eigenvalue weighted by Gasteiger charge is 2.37. The van der Waals surface area contributed by atoms with E-state index in [9.17, 15) is 0 Å². The smallest absolute Gasteiger partial charge is 0.104 e. The topological polar surface area (TPSA) is 39.3 Å². The van der Waals surface area contributed by atoms with Crippen molar-refractivity contribution in [1.29, 1.82) is 0 Å². The molecule has 4 heteroatoms. The minimum atomic E-state index is -0.105. The molecule has 274 valence electrons. The van der Waals surface area contributed by atoms with Gasteiger partial charge in [0.2, 0.25) is 0 Å². The molecule has 0 spiro atoms. The van der Waals surface area contributed by atoms with Gasteiger partial charge in [0.1, 0.15) is 6.17 Å². The lowest BCUT2D eigenvalue weighted by atomic mass is 9.91. The van der Waals surface area contributed by atoms with Crippen molar-refractivity contribution in [2.24, 2.45) is 0 Å². The third-order valence-electron chi connectivity index (χ3n) is 12.1. The van der Waals surface area contributed by atoms with Crippen LogP contribution in [-0.2, 0) is 0 Å². The molecule has 0 radical (unpaired) electrons. The van der Waals surface area contributed by atoms with E-state index >= 15 is 0 Å². The summed E-state index contributed by atoms with van der Waals surface area (Å²) in [6.45, 7) is 0.871. The van der Waals surface area contributed by atoms with Gasteiger partial charge in [-0.25, -0.2) is 0 Å². The molecule has 7 aromatic rings. The zero-order valence-electron chi connectivity index (χ0n) is 31.5. The third kappa shape index (κ3) is 5.97. The highest BCUT2D eigenvalue weighted by atomic mass is 15.2. The third-order valence-corrected chi connectivity index (χ3v) is 12.1. The quantitative estimate of drug-likeness (QED) is 0.149. The number of hydrogen-bond acceptors (Lipinski definition) is 4. The molecule has 3 N–H and O–H groups in total. The van der Waals surface area contributed by atoms with Crippen molar-refractivity contribution >= 4 is 44.2 Å². The van der Waals surface area contributed by atoms with Gasteiger partial charge in [-0.05, 0) is 96.4 Å². The second-order valence-electron chi connectivity index (χ2n) is 15.4. The molecular formula is C53H42N4. The minimum absolute atomic E-state index is 0.00836. The van der Waals surface area contributed by atoms with Crippen LogP contribution in [0, 0.1) is 0 Å². The molecule has 4 nitrogen and oxygen atoms in total. The van der Waals surface area contributed by atoms with E-state index in [4.69, 9.17) is 0 Å². The summed E-state index contributed by atoms with van der Waals surface area (Å²) in [5.74, 6) is 0.363. The van der Waals surface area contributed by atoms with Crippen LogP contribution in [0.4, 0.5) is 11.4 Å². The number of fused-ring (bicyclic) bond motifs is 5. The average molecular weight is 735 g/mol. The first-order valence-corrected chi connectivity index (χ1v) is 20.0. The van der Waals surface area contributed by atoms with Crippen LogP contribution in [0.25, 0.3) is 43.9 Å². The maximum atomic E-state index is 3.97. The van der Waals surface area contributed by atoms with Gasteiger partial charge in [0.15, 0.2) is 0 Å². The van der Waals surface area contributed by atoms with E-state index in [1.807, 2.05) is 0 Å². The van der Waals surface area contributed by atoms with Crippen molar-refractivity contribution in [2.75, 3.05) is 11.4 Å². The van der Waals surface area contributed by atoms with Crippen molar-refractivity contribution in [3.8, 4) is 11.1 Å². The molecule has 3 aliphatic heterocycles. The fourth-order valence-electron chi connectivity index (χ4n) is 9.28. The Morgan fingerprint density at radius 1 is 0.596 bits per heavy atom. The standard InChI is InChI=1S/C53H42N4/c1-3-13-44-40(10-1)32-41-11-2-4-14-45(41)52(44)38-23-25-39(26-24-38)53-55-48(36-21-19-35(20-22-36)42-12-9-31-54-34-42)33-49(56-53)37-27-29-43(30-28-37)57-50-17-7-5-15-46(50)47-16-6-8-18-51(47)57/h1-30,32-34,46,49-50,53-56H,31H2. The number of rotatable bonds is 6. The normalized spacial score (nSPS) is 20.7. The first kappa shape index (κ1) is 33.5. The van der Waals surface area contributed by atoms with Gasteiger partial charge in [-0.2, -0.15) is 0 Å². The summed E-state index contributed by atoms with van der Waals surface area (Å²) in [5.41, 5.74) is 13.5. The first-order chi connectivity index (χ1) is 28.2. The van der Waals surface area contributed by atoms with Crippen LogP contribution >= 0.6 is 0 Å². The summed E-state index contributed by atoms with van der Waals surface area (Å²) in [4.78, 5) is 2.50. The molecule has 4 aliphatic rings. The van der Waals surface area contributed by atoms with Crippen LogP contribution in [0.2, 0.25) is 0 Å². The molecule has 3 heterocycles. The van der Waals surface area contributed by atoms with Crippen molar-refractivity contribution in [3.63, 3.8) is 0 Å². The van der Waals surface area contributed by atoms with Crippen LogP contribution in [0.3, 0.4) is 0 Å². The van der Waals surface area contributed by atoms with Gasteiger partial charge in [-0.1, -0.05) is 164 Å². The van der Waals surface area contributed by atoms with Crippen LogP contribution < -0.4 is 20.9 Å². The van der Waals surface area contributed by atoms with E-state index in [2.05, 4.69) is 221 Å². The predicted molar refractivity (Wildman–Crippen MR) is 238 cm³/mol. The molecule has 0 saturated heterocycles. The number of para-hydroxylation sites is 1. The van der Waals surface area contributed by atoms with Gasteiger partial charge in [0.05, 0.1) is 12.1 Å². The molecule has 0 fully saturated rings. The Kier molecular flexibility index (Phi) is 8.22. The van der Waals surface area contributed by atoms with Gasteiger partial charge < -0.3 is 15.5 Å². The zero-order valence-corrected chi connectivity index (χ0v) is 31.5. The van der Waals surface area contributed by atoms with Gasteiger partial charge in [-0.3, -0.25) is 5.32 Å². The number of dihydropyridines is 1. The van der Waals surface area contributed by atoms with Gasteiger partial charge in [-0.15, -0.1) is 0 Å². The van der Waals surface area contributed by atoms with Crippen molar-refractivity contribution < 1.29 is 0 Å². The summed E-state index contributed by atoms with van der Waals surface area (Å²) >= 11 is 0. The summed E-state index contributed by atoms with van der Waals surface area (Å²) < 4.78 is 0. The molecule has 0 bridgehead atoms. The summed E-state index contributed by atoms with van der Waals surface area (Å²) in [7, 11) is 0. The van der Waals surface area contributed by atoms with E-state index in [-0.39, 0.29) is 18.2 Å². The number of hydrogen-bond donors (Lipinski definition) is 3. The molecule has 4 atom stereocenters. The maximum Gasteiger partial charge on any atom is 0.104 e. The molecule has 0 aromatic heterocycles. The maximum absolute atomic E-state index is 3.97. The molecule has 0 amide bonds. The van der Waals surface area contributed by atoms with E-state index < -0.39 is 0 Å². The van der Waals surface area contributed by atoms with Gasteiger partial charge >= 0.3 is 0 Å². The fraction of sp³-hybridized carbons (Fsp3) is 0.0943. The largest absolute Gasteiger partial charge is 0.387 e. The van der Waals surface area contributed by atoms with Gasteiger partial charge in [0.25, 0.3) is 0 Å². The molecule has 4 unspecified atom stereocenters. The molecular weight excluding hydrogens is 693 g/mol.